The van der Waals surface area contributed by atoms with Crippen molar-refractivity contribution in [2.45, 2.75) is 63.4 Å². The molecule has 0 spiro atoms. The normalized spacial score (nSPS) is 16.3. The van der Waals surface area contributed by atoms with Gasteiger partial charge in [0.2, 0.25) is 17.7 Å². The van der Waals surface area contributed by atoms with E-state index in [0.717, 1.165) is 5.56 Å². The number of amides is 3. The molecule has 2 rings (SSSR count). The van der Waals surface area contributed by atoms with Gasteiger partial charge in [0.05, 0.1) is 24.2 Å². The van der Waals surface area contributed by atoms with Gasteiger partial charge in [0.15, 0.2) is 0 Å². The van der Waals surface area contributed by atoms with E-state index in [4.69, 9.17) is 4.74 Å². The first-order valence-corrected chi connectivity index (χ1v) is 11.7. The van der Waals surface area contributed by atoms with Crippen LogP contribution in [0, 0.1) is 0 Å². The highest BCUT2D eigenvalue weighted by molar-refractivity contribution is 8.01. The number of carbonyl (C=O) groups excluding carboxylic acids is 4. The second kappa shape index (κ2) is 12.6. The fraction of sp³-hybridized carbons (Fsp3) is 0.565. The first-order valence-electron chi connectivity index (χ1n) is 10.8. The van der Waals surface area contributed by atoms with Crippen LogP contribution in [0.1, 0.15) is 52.0 Å². The predicted octanol–water partition coefficient (Wildman–Crippen LogP) is 2.89. The van der Waals surface area contributed by atoms with Gasteiger partial charge in [-0.1, -0.05) is 32.9 Å². The molecule has 1 saturated heterocycles. The molecule has 1 atom stereocenters. The second-order valence-corrected chi connectivity index (χ2v) is 9.50. The van der Waals surface area contributed by atoms with E-state index < -0.39 is 0 Å². The van der Waals surface area contributed by atoms with Gasteiger partial charge in [-0.15, -0.1) is 11.8 Å². The number of imide groups is 1. The van der Waals surface area contributed by atoms with Gasteiger partial charge in [0.25, 0.3) is 0 Å². The average molecular weight is 449 g/mol. The van der Waals surface area contributed by atoms with Crippen molar-refractivity contribution in [2.75, 3.05) is 24.7 Å². The van der Waals surface area contributed by atoms with Crippen molar-refractivity contribution in [3.63, 3.8) is 0 Å². The van der Waals surface area contributed by atoms with E-state index in [1.165, 1.54) is 16.7 Å². The zero-order valence-electron chi connectivity index (χ0n) is 18.5. The summed E-state index contributed by atoms with van der Waals surface area (Å²) in [5.41, 5.74) is 1.54. The third-order valence-electron chi connectivity index (χ3n) is 4.87. The first kappa shape index (κ1) is 25.1. The predicted molar refractivity (Wildman–Crippen MR) is 122 cm³/mol. The van der Waals surface area contributed by atoms with Crippen LogP contribution in [-0.4, -0.2) is 53.8 Å². The summed E-state index contributed by atoms with van der Waals surface area (Å²) in [5, 5.41) is 2.77. The molecule has 31 heavy (non-hydrogen) atoms. The fourth-order valence-corrected chi connectivity index (χ4v) is 4.31. The molecule has 0 bridgehead atoms. The minimum Gasteiger partial charge on any atom is -0.379 e. The topological polar surface area (TPSA) is 92.8 Å². The molecule has 1 unspecified atom stereocenters. The average Bonchev–Trinajstić information content (AvgIpc) is 3.01. The van der Waals surface area contributed by atoms with E-state index in [2.05, 4.69) is 5.32 Å². The summed E-state index contributed by atoms with van der Waals surface area (Å²) in [7, 11) is 0. The van der Waals surface area contributed by atoms with Crippen LogP contribution < -0.4 is 10.2 Å². The lowest BCUT2D eigenvalue weighted by Gasteiger charge is -2.16. The molecular weight excluding hydrogens is 416 g/mol. The smallest absolute Gasteiger partial charge is 0.247 e. The number of hydrogen-bond donors (Lipinski definition) is 1. The van der Waals surface area contributed by atoms with Crippen molar-refractivity contribution in [3.8, 4) is 0 Å². The van der Waals surface area contributed by atoms with E-state index in [9.17, 15) is 19.2 Å². The van der Waals surface area contributed by atoms with Gasteiger partial charge in [-0.05, 0) is 29.4 Å². The van der Waals surface area contributed by atoms with Crippen molar-refractivity contribution >= 4 is 41.0 Å². The lowest BCUT2D eigenvalue weighted by Crippen LogP contribution is -2.31. The number of ketones is 1. The molecule has 1 fully saturated rings. The highest BCUT2D eigenvalue weighted by Crippen LogP contribution is 2.31. The maximum absolute atomic E-state index is 12.6. The summed E-state index contributed by atoms with van der Waals surface area (Å²) in [6, 6.07) is 7.22. The Morgan fingerprint density at radius 3 is 2.52 bits per heavy atom. The van der Waals surface area contributed by atoms with Crippen LogP contribution in [0.2, 0.25) is 0 Å². The maximum atomic E-state index is 12.6. The number of carbonyl (C=O) groups is 4. The van der Waals surface area contributed by atoms with Gasteiger partial charge in [0, 0.05) is 32.2 Å². The van der Waals surface area contributed by atoms with Crippen LogP contribution in [0.25, 0.3) is 0 Å². The quantitative estimate of drug-likeness (QED) is 0.368. The molecule has 170 valence electrons. The van der Waals surface area contributed by atoms with Crippen LogP contribution in [-0.2, 0) is 30.3 Å². The molecule has 0 aromatic heterocycles. The Hall–Kier alpha value is -2.19. The van der Waals surface area contributed by atoms with Crippen LogP contribution in [0.5, 0.6) is 0 Å². The van der Waals surface area contributed by atoms with E-state index in [1.807, 2.05) is 32.9 Å². The fourth-order valence-electron chi connectivity index (χ4n) is 3.20. The molecule has 0 aliphatic carbocycles. The lowest BCUT2D eigenvalue weighted by molar-refractivity contribution is -0.122. The molecule has 1 aliphatic rings. The summed E-state index contributed by atoms with van der Waals surface area (Å²) >= 11 is 1.52. The molecule has 1 aromatic rings. The zero-order chi connectivity index (χ0) is 22.8. The lowest BCUT2D eigenvalue weighted by atomic mass is 10.1. The monoisotopic (exact) mass is 448 g/mol. The third-order valence-corrected chi connectivity index (χ3v) is 6.11. The Labute approximate surface area is 188 Å². The van der Waals surface area contributed by atoms with Crippen LogP contribution >= 0.6 is 11.8 Å². The van der Waals surface area contributed by atoms with E-state index in [1.54, 1.807) is 12.1 Å². The number of anilines is 1. The number of nitrogens with zero attached hydrogens (tertiary/aromatic N) is 1. The first-order chi connectivity index (χ1) is 14.8. The van der Waals surface area contributed by atoms with Crippen molar-refractivity contribution in [2.24, 2.45) is 0 Å². The largest absolute Gasteiger partial charge is 0.379 e. The summed E-state index contributed by atoms with van der Waals surface area (Å²) < 4.78 is 5.33. The molecule has 7 nitrogen and oxygen atoms in total. The van der Waals surface area contributed by atoms with E-state index in [0.29, 0.717) is 51.1 Å². The molecule has 1 aromatic carbocycles. The summed E-state index contributed by atoms with van der Waals surface area (Å²) in [5.74, 6) is -0.229. The number of hydrogen-bond acceptors (Lipinski definition) is 6. The third kappa shape index (κ3) is 8.10. The number of thioether (sulfide) groups is 1. The van der Waals surface area contributed by atoms with Gasteiger partial charge in [-0.2, -0.15) is 0 Å². The zero-order valence-corrected chi connectivity index (χ0v) is 19.3. The number of Topliss-reactive ketones (excluding diaryl/α,β-unsaturated/α-hetero) is 1. The van der Waals surface area contributed by atoms with Crippen LogP contribution in [0.3, 0.4) is 0 Å². The molecular formula is C23H32N2O5S. The minimum absolute atomic E-state index is 0.0734. The van der Waals surface area contributed by atoms with Crippen molar-refractivity contribution in [1.29, 1.82) is 0 Å². The molecule has 8 heteroatoms. The number of ether oxygens (including phenoxy) is 1. The second-order valence-electron chi connectivity index (χ2n) is 7.72. The molecule has 0 saturated carbocycles. The Bertz CT molecular complexity index is 779. The van der Waals surface area contributed by atoms with Gasteiger partial charge in [-0.25, -0.2) is 4.90 Å². The minimum atomic E-state index is -0.313. The van der Waals surface area contributed by atoms with E-state index in [-0.39, 0.29) is 40.4 Å². The SMILES string of the molecule is CCC(=O)CCOCCNC(=O)CCc1ccc(N2C(=O)CC(SC(C)C)C2=O)cc1. The maximum Gasteiger partial charge on any atom is 0.247 e. The van der Waals surface area contributed by atoms with E-state index >= 15 is 0 Å². The highest BCUT2D eigenvalue weighted by Gasteiger charge is 2.40. The van der Waals surface area contributed by atoms with Crippen molar-refractivity contribution in [3.05, 3.63) is 29.8 Å². The number of aryl methyl sites for hydroxylation is 1. The van der Waals surface area contributed by atoms with Crippen LogP contribution in [0.4, 0.5) is 5.69 Å². The Morgan fingerprint density at radius 2 is 1.87 bits per heavy atom. The number of nitrogens with one attached hydrogen (secondary N) is 1. The molecule has 0 radical (unpaired) electrons. The number of benzene rings is 1. The van der Waals surface area contributed by atoms with Gasteiger partial charge in [0.1, 0.15) is 5.78 Å². The standard InChI is InChI=1S/C23H32N2O5S/c1-4-19(26)11-13-30-14-12-24-21(27)10-7-17-5-8-18(9-6-17)25-22(28)15-20(23(25)29)31-16(2)3/h5-6,8-9,16,20H,4,7,10-15H2,1-3H3,(H,24,27). The molecule has 1 heterocycles. The molecule has 1 aliphatic heterocycles. The van der Waals surface area contributed by atoms with Crippen LogP contribution in [0.15, 0.2) is 24.3 Å². The Morgan fingerprint density at radius 1 is 1.16 bits per heavy atom. The Kier molecular flexibility index (Phi) is 10.2. The summed E-state index contributed by atoms with van der Waals surface area (Å²) in [4.78, 5) is 49.3. The summed E-state index contributed by atoms with van der Waals surface area (Å²) in [6.07, 6.45) is 2.06. The number of rotatable bonds is 13. The van der Waals surface area contributed by atoms with Gasteiger partial charge in [-0.3, -0.25) is 19.2 Å². The van der Waals surface area contributed by atoms with Gasteiger partial charge >= 0.3 is 0 Å². The van der Waals surface area contributed by atoms with Crippen molar-refractivity contribution < 1.29 is 23.9 Å². The highest BCUT2D eigenvalue weighted by atomic mass is 32.2. The summed E-state index contributed by atoms with van der Waals surface area (Å²) in [6.45, 7) is 7.02. The van der Waals surface area contributed by atoms with Gasteiger partial charge < -0.3 is 10.1 Å². The van der Waals surface area contributed by atoms with Crippen molar-refractivity contribution in [1.82, 2.24) is 5.32 Å². The molecule has 3 amide bonds. The Balaban J connectivity index is 1.72. The molecule has 1 N–H and O–H groups in total.